The lowest BCUT2D eigenvalue weighted by molar-refractivity contribution is 0.0954. The number of nitrogens with zero attached hydrogens (tertiary/aromatic N) is 1. The SMILES string of the molecule is COc1cc(C(=O)NN=C(C)c2cccc(C)c2)cc(OC)c1OC. The monoisotopic (exact) mass is 342 g/mol. The van der Waals surface area contributed by atoms with E-state index in [9.17, 15) is 4.79 Å². The zero-order chi connectivity index (χ0) is 18.4. The molecule has 0 radical (unpaired) electrons. The predicted octanol–water partition coefficient (Wildman–Crippen LogP) is 3.17. The Morgan fingerprint density at radius 1 is 0.960 bits per heavy atom. The summed E-state index contributed by atoms with van der Waals surface area (Å²) >= 11 is 0. The van der Waals surface area contributed by atoms with Gasteiger partial charge in [-0.3, -0.25) is 4.79 Å². The van der Waals surface area contributed by atoms with Gasteiger partial charge in [-0.2, -0.15) is 5.10 Å². The summed E-state index contributed by atoms with van der Waals surface area (Å²) in [5, 5.41) is 4.17. The predicted molar refractivity (Wildman–Crippen MR) is 97.0 cm³/mol. The summed E-state index contributed by atoms with van der Waals surface area (Å²) in [7, 11) is 4.51. The van der Waals surface area contributed by atoms with Crippen LogP contribution in [0.3, 0.4) is 0 Å². The number of aryl methyl sites for hydroxylation is 1. The maximum Gasteiger partial charge on any atom is 0.271 e. The molecule has 25 heavy (non-hydrogen) atoms. The van der Waals surface area contributed by atoms with Gasteiger partial charge in [-0.25, -0.2) is 5.43 Å². The Kier molecular flexibility index (Phi) is 6.00. The number of amides is 1. The van der Waals surface area contributed by atoms with Gasteiger partial charge in [-0.05, 0) is 31.5 Å². The van der Waals surface area contributed by atoms with Crippen molar-refractivity contribution in [3.8, 4) is 17.2 Å². The molecule has 0 heterocycles. The first-order valence-corrected chi connectivity index (χ1v) is 7.71. The third-order valence-corrected chi connectivity index (χ3v) is 3.69. The smallest absolute Gasteiger partial charge is 0.271 e. The third-order valence-electron chi connectivity index (χ3n) is 3.69. The fourth-order valence-electron chi connectivity index (χ4n) is 2.35. The molecule has 2 rings (SSSR count). The second-order valence-electron chi connectivity index (χ2n) is 5.42. The summed E-state index contributed by atoms with van der Waals surface area (Å²) in [4.78, 5) is 12.4. The van der Waals surface area contributed by atoms with Crippen LogP contribution in [0.5, 0.6) is 17.2 Å². The van der Waals surface area contributed by atoms with E-state index in [1.165, 1.54) is 21.3 Å². The second kappa shape index (κ2) is 8.19. The highest BCUT2D eigenvalue weighted by Gasteiger charge is 2.16. The van der Waals surface area contributed by atoms with E-state index in [4.69, 9.17) is 14.2 Å². The van der Waals surface area contributed by atoms with E-state index in [2.05, 4.69) is 10.5 Å². The van der Waals surface area contributed by atoms with Crippen molar-refractivity contribution < 1.29 is 19.0 Å². The van der Waals surface area contributed by atoms with Gasteiger partial charge in [0.1, 0.15) is 0 Å². The molecule has 1 N–H and O–H groups in total. The molecule has 132 valence electrons. The molecule has 0 aliphatic carbocycles. The topological polar surface area (TPSA) is 69.2 Å². The molecule has 0 saturated carbocycles. The summed E-state index contributed by atoms with van der Waals surface area (Å²) in [6.07, 6.45) is 0. The highest BCUT2D eigenvalue weighted by atomic mass is 16.5. The van der Waals surface area contributed by atoms with Crippen LogP contribution in [0.25, 0.3) is 0 Å². The molecule has 0 fully saturated rings. The van der Waals surface area contributed by atoms with Crippen molar-refractivity contribution in [2.24, 2.45) is 5.10 Å². The lowest BCUT2D eigenvalue weighted by Crippen LogP contribution is -2.19. The van der Waals surface area contributed by atoms with Gasteiger partial charge in [-0.15, -0.1) is 0 Å². The Balaban J connectivity index is 2.24. The number of benzene rings is 2. The number of methoxy groups -OCH3 is 3. The van der Waals surface area contributed by atoms with Crippen molar-refractivity contribution >= 4 is 11.6 Å². The number of carbonyl (C=O) groups excluding carboxylic acids is 1. The van der Waals surface area contributed by atoms with E-state index >= 15 is 0 Å². The van der Waals surface area contributed by atoms with Crippen molar-refractivity contribution in [3.63, 3.8) is 0 Å². The van der Waals surface area contributed by atoms with Crippen LogP contribution in [0.1, 0.15) is 28.4 Å². The van der Waals surface area contributed by atoms with E-state index in [0.717, 1.165) is 11.1 Å². The molecule has 0 unspecified atom stereocenters. The van der Waals surface area contributed by atoms with E-state index < -0.39 is 0 Å². The Labute approximate surface area is 147 Å². The molecule has 1 amide bonds. The summed E-state index contributed by atoms with van der Waals surface area (Å²) < 4.78 is 15.8. The Morgan fingerprint density at radius 3 is 2.12 bits per heavy atom. The van der Waals surface area contributed by atoms with E-state index in [1.807, 2.05) is 38.1 Å². The first-order valence-electron chi connectivity index (χ1n) is 7.71. The molecule has 0 aromatic heterocycles. The molecular weight excluding hydrogens is 320 g/mol. The molecule has 0 aliphatic rings. The minimum atomic E-state index is -0.369. The van der Waals surface area contributed by atoms with Crippen molar-refractivity contribution in [1.29, 1.82) is 0 Å². The molecule has 6 heteroatoms. The van der Waals surface area contributed by atoms with E-state index in [-0.39, 0.29) is 5.91 Å². The van der Waals surface area contributed by atoms with Crippen molar-refractivity contribution in [1.82, 2.24) is 5.43 Å². The van der Waals surface area contributed by atoms with Gasteiger partial charge in [0.2, 0.25) is 5.75 Å². The van der Waals surface area contributed by atoms with Crippen LogP contribution in [0.15, 0.2) is 41.5 Å². The molecule has 2 aromatic rings. The van der Waals surface area contributed by atoms with Gasteiger partial charge in [0, 0.05) is 5.56 Å². The Hall–Kier alpha value is -3.02. The zero-order valence-electron chi connectivity index (χ0n) is 15.0. The van der Waals surface area contributed by atoms with Gasteiger partial charge >= 0.3 is 0 Å². The molecule has 0 spiro atoms. The molecular formula is C19H22N2O4. The van der Waals surface area contributed by atoms with Crippen molar-refractivity contribution in [2.45, 2.75) is 13.8 Å². The first kappa shape index (κ1) is 18.3. The van der Waals surface area contributed by atoms with Crippen molar-refractivity contribution in [3.05, 3.63) is 53.1 Å². The van der Waals surface area contributed by atoms with Crippen LogP contribution >= 0.6 is 0 Å². The minimum absolute atomic E-state index is 0.357. The second-order valence-corrected chi connectivity index (χ2v) is 5.42. The number of hydrazone groups is 1. The highest BCUT2D eigenvalue weighted by Crippen LogP contribution is 2.38. The maximum absolute atomic E-state index is 12.4. The summed E-state index contributed by atoms with van der Waals surface area (Å²) in [5.41, 5.74) is 5.70. The standard InChI is InChI=1S/C19H22N2O4/c1-12-7-6-8-14(9-12)13(2)20-21-19(22)15-10-16(23-3)18(25-5)17(11-15)24-4/h6-11H,1-5H3,(H,21,22). The number of hydrogen-bond acceptors (Lipinski definition) is 5. The molecule has 0 bridgehead atoms. The summed E-state index contributed by atoms with van der Waals surface area (Å²) in [6.45, 7) is 3.84. The lowest BCUT2D eigenvalue weighted by atomic mass is 10.1. The fourth-order valence-corrected chi connectivity index (χ4v) is 2.35. The highest BCUT2D eigenvalue weighted by molar-refractivity contribution is 6.01. The summed E-state index contributed by atoms with van der Waals surface area (Å²) in [6, 6.07) is 11.1. The van der Waals surface area contributed by atoms with Crippen LogP contribution in [0, 0.1) is 6.92 Å². The number of hydrogen-bond donors (Lipinski definition) is 1. The van der Waals surface area contributed by atoms with Gasteiger partial charge in [0.25, 0.3) is 5.91 Å². The number of carbonyl (C=O) groups is 1. The molecule has 0 atom stereocenters. The van der Waals surface area contributed by atoms with Gasteiger partial charge < -0.3 is 14.2 Å². The number of ether oxygens (including phenoxy) is 3. The quantitative estimate of drug-likeness (QED) is 0.647. The molecule has 0 saturated heterocycles. The van der Waals surface area contributed by atoms with Gasteiger partial charge in [0.15, 0.2) is 11.5 Å². The van der Waals surface area contributed by atoms with Crippen LogP contribution in [-0.2, 0) is 0 Å². The average Bonchev–Trinajstić information content (AvgIpc) is 2.64. The van der Waals surface area contributed by atoms with Gasteiger partial charge in [-0.1, -0.05) is 29.8 Å². The molecule has 2 aromatic carbocycles. The molecule has 6 nitrogen and oxygen atoms in total. The maximum atomic E-state index is 12.4. The van der Waals surface area contributed by atoms with Crippen LogP contribution < -0.4 is 19.6 Å². The normalized spacial score (nSPS) is 11.0. The minimum Gasteiger partial charge on any atom is -0.493 e. The van der Waals surface area contributed by atoms with E-state index in [1.54, 1.807) is 12.1 Å². The lowest BCUT2D eigenvalue weighted by Gasteiger charge is -2.13. The average molecular weight is 342 g/mol. The van der Waals surface area contributed by atoms with Crippen LogP contribution in [-0.4, -0.2) is 32.9 Å². The number of rotatable bonds is 6. The molecule has 0 aliphatic heterocycles. The van der Waals surface area contributed by atoms with Crippen LogP contribution in [0.2, 0.25) is 0 Å². The largest absolute Gasteiger partial charge is 0.493 e. The third kappa shape index (κ3) is 4.29. The van der Waals surface area contributed by atoms with Crippen molar-refractivity contribution in [2.75, 3.05) is 21.3 Å². The summed E-state index contributed by atoms with van der Waals surface area (Å²) in [5.74, 6) is 0.880. The fraction of sp³-hybridized carbons (Fsp3) is 0.263. The Bertz CT molecular complexity index is 775. The number of nitrogens with one attached hydrogen (secondary N) is 1. The Morgan fingerprint density at radius 2 is 1.60 bits per heavy atom. The zero-order valence-corrected chi connectivity index (χ0v) is 15.0. The van der Waals surface area contributed by atoms with Gasteiger partial charge in [0.05, 0.1) is 27.0 Å². The van der Waals surface area contributed by atoms with E-state index in [0.29, 0.717) is 28.5 Å². The first-order chi connectivity index (χ1) is 12.0. The van der Waals surface area contributed by atoms with Crippen LogP contribution in [0.4, 0.5) is 0 Å².